The molecule has 3 aromatic rings. The molecule has 3 rings (SSSR count). The zero-order valence-electron chi connectivity index (χ0n) is 25.4. The molecule has 216 valence electrons. The Kier molecular flexibility index (Phi) is 11.9. The number of nitrogens with zero attached hydrogens (tertiary/aromatic N) is 3. The molecule has 1 N–H and O–H groups in total. The molecule has 0 spiro atoms. The zero-order chi connectivity index (χ0) is 29.1. The summed E-state index contributed by atoms with van der Waals surface area (Å²) in [6.07, 6.45) is 9.09. The Hall–Kier alpha value is -3.04. The van der Waals surface area contributed by atoms with E-state index >= 15 is 0 Å². The number of carboxylic acid groups (broad SMARTS) is 1. The van der Waals surface area contributed by atoms with E-state index in [1.54, 1.807) is 0 Å². The van der Waals surface area contributed by atoms with Crippen LogP contribution in [-0.4, -0.2) is 59.5 Å². The van der Waals surface area contributed by atoms with Crippen molar-refractivity contribution in [2.24, 2.45) is 0 Å². The lowest BCUT2D eigenvalue weighted by atomic mass is 10.1. The van der Waals surface area contributed by atoms with Gasteiger partial charge in [-0.3, -0.25) is 4.79 Å². The first-order chi connectivity index (χ1) is 19.1. The largest absolute Gasteiger partial charge is 0.481 e. The number of carbonyl (C=O) groups is 1. The smallest absolute Gasteiger partial charge is 0.303 e. The summed E-state index contributed by atoms with van der Waals surface area (Å²) < 4.78 is 0. The van der Waals surface area contributed by atoms with Gasteiger partial charge in [0.05, 0.1) is 6.16 Å². The summed E-state index contributed by atoms with van der Waals surface area (Å²) >= 11 is 0. The minimum Gasteiger partial charge on any atom is -0.481 e. The van der Waals surface area contributed by atoms with Crippen molar-refractivity contribution in [3.8, 4) is 0 Å². The van der Waals surface area contributed by atoms with Gasteiger partial charge in [0.25, 0.3) is 0 Å². The number of hydrogen-bond acceptors (Lipinski definition) is 4. The van der Waals surface area contributed by atoms with Crippen molar-refractivity contribution in [2.45, 2.75) is 51.4 Å². The van der Waals surface area contributed by atoms with E-state index in [1.807, 2.05) is 0 Å². The molecule has 5 nitrogen and oxygen atoms in total. The summed E-state index contributed by atoms with van der Waals surface area (Å²) in [6, 6.07) is 27.8. The third-order valence-corrected chi connectivity index (χ3v) is 12.3. The summed E-state index contributed by atoms with van der Waals surface area (Å²) in [7, 11) is 10.7. The number of hydrogen-bond donors (Lipinski definition) is 1. The van der Waals surface area contributed by atoms with Gasteiger partial charge in [0, 0.05) is 65.8 Å². The van der Waals surface area contributed by atoms with Gasteiger partial charge in [-0.05, 0) is 92.1 Å². The van der Waals surface area contributed by atoms with Crippen molar-refractivity contribution in [2.75, 3.05) is 63.1 Å². The van der Waals surface area contributed by atoms with Gasteiger partial charge in [-0.1, -0.05) is 25.7 Å². The van der Waals surface area contributed by atoms with Gasteiger partial charge in [0.2, 0.25) is 0 Å². The topological polar surface area (TPSA) is 47.0 Å². The van der Waals surface area contributed by atoms with E-state index in [9.17, 15) is 4.79 Å². The Bertz CT molecular complexity index is 1050. The normalized spacial score (nSPS) is 11.3. The molecular weight excluding hydrogens is 513 g/mol. The van der Waals surface area contributed by atoms with Crippen molar-refractivity contribution < 1.29 is 9.90 Å². The fraction of sp³-hybridized carbons (Fsp3) is 0.441. The van der Waals surface area contributed by atoms with Crippen molar-refractivity contribution >= 4 is 46.2 Å². The van der Waals surface area contributed by atoms with E-state index in [4.69, 9.17) is 5.11 Å². The van der Waals surface area contributed by atoms with Crippen LogP contribution < -0.4 is 30.6 Å². The van der Waals surface area contributed by atoms with Crippen LogP contribution in [0.25, 0.3) is 0 Å². The molecule has 0 atom stereocenters. The molecule has 6 heteroatoms. The van der Waals surface area contributed by atoms with Gasteiger partial charge >= 0.3 is 5.97 Å². The van der Waals surface area contributed by atoms with Crippen LogP contribution in [0.2, 0.25) is 0 Å². The van der Waals surface area contributed by atoms with Crippen LogP contribution in [0.5, 0.6) is 0 Å². The highest BCUT2D eigenvalue weighted by Crippen LogP contribution is 2.56. The maximum atomic E-state index is 10.8. The third kappa shape index (κ3) is 8.24. The number of carboxylic acids is 1. The van der Waals surface area contributed by atoms with Crippen LogP contribution in [0.4, 0.5) is 17.1 Å². The quantitative estimate of drug-likeness (QED) is 0.162. The number of anilines is 3. The molecule has 0 amide bonds. The SMILES string of the molecule is CN(C)c1ccc([P+](CCCCCCCCCC(=O)O)(c2ccc(N(C)C)cc2)c2ccc(N(C)C)cc2)cc1. The van der Waals surface area contributed by atoms with Crippen LogP contribution >= 0.6 is 7.26 Å². The van der Waals surface area contributed by atoms with Crippen molar-refractivity contribution in [1.29, 1.82) is 0 Å². The van der Waals surface area contributed by atoms with Crippen molar-refractivity contribution in [1.82, 2.24) is 0 Å². The monoisotopic (exact) mass is 562 g/mol. The lowest BCUT2D eigenvalue weighted by Gasteiger charge is -2.29. The van der Waals surface area contributed by atoms with E-state index in [0.29, 0.717) is 6.42 Å². The first-order valence-electron chi connectivity index (χ1n) is 14.6. The number of unbranched alkanes of at least 4 members (excludes halogenated alkanes) is 6. The lowest BCUT2D eigenvalue weighted by Crippen LogP contribution is -2.34. The van der Waals surface area contributed by atoms with Crippen LogP contribution in [0.1, 0.15) is 51.4 Å². The maximum Gasteiger partial charge on any atom is 0.303 e. The molecular formula is C34H49N3O2P+. The van der Waals surface area contributed by atoms with Crippen LogP contribution in [0.3, 0.4) is 0 Å². The first-order valence-corrected chi connectivity index (χ1v) is 16.6. The van der Waals surface area contributed by atoms with Crippen LogP contribution in [-0.2, 0) is 4.79 Å². The molecule has 0 aliphatic heterocycles. The second-order valence-corrected chi connectivity index (χ2v) is 15.0. The molecule has 0 fully saturated rings. The zero-order valence-corrected chi connectivity index (χ0v) is 26.3. The molecule has 0 saturated heterocycles. The summed E-state index contributed by atoms with van der Waals surface area (Å²) in [6.45, 7) is 0. The second kappa shape index (κ2) is 15.1. The Balaban J connectivity index is 1.95. The van der Waals surface area contributed by atoms with Gasteiger partial charge in [-0.2, -0.15) is 0 Å². The van der Waals surface area contributed by atoms with Crippen LogP contribution in [0.15, 0.2) is 72.8 Å². The maximum absolute atomic E-state index is 10.8. The van der Waals surface area contributed by atoms with Crippen molar-refractivity contribution in [3.05, 3.63) is 72.8 Å². The van der Waals surface area contributed by atoms with Crippen LogP contribution in [0, 0.1) is 0 Å². The molecule has 0 saturated carbocycles. The van der Waals surface area contributed by atoms with E-state index in [1.165, 1.54) is 58.7 Å². The van der Waals surface area contributed by atoms with Gasteiger partial charge in [0.1, 0.15) is 23.2 Å². The molecule has 0 aliphatic rings. The van der Waals surface area contributed by atoms with E-state index in [2.05, 4.69) is 130 Å². The molecule has 0 radical (unpaired) electrons. The molecule has 0 aromatic heterocycles. The summed E-state index contributed by atoms with van der Waals surface area (Å²) in [5, 5.41) is 13.2. The fourth-order valence-corrected chi connectivity index (χ4v) is 9.70. The first kappa shape index (κ1) is 31.5. The molecule has 40 heavy (non-hydrogen) atoms. The second-order valence-electron chi connectivity index (χ2n) is 11.4. The number of rotatable bonds is 16. The Morgan fingerprint density at radius 2 is 0.825 bits per heavy atom. The average Bonchev–Trinajstić information content (AvgIpc) is 2.94. The van der Waals surface area contributed by atoms with E-state index in [-0.39, 0.29) is 0 Å². The summed E-state index contributed by atoms with van der Waals surface area (Å²) in [5.41, 5.74) is 3.65. The molecule has 0 aliphatic carbocycles. The van der Waals surface area contributed by atoms with E-state index < -0.39 is 13.2 Å². The average molecular weight is 563 g/mol. The van der Waals surface area contributed by atoms with E-state index in [0.717, 1.165) is 25.4 Å². The molecule has 0 unspecified atom stereocenters. The minimum atomic E-state index is -1.90. The standard InChI is InChI=1S/C34H48N3O2P/c1-35(2)28-15-21-31(22-16-28)40(32-23-17-29(18-24-32)36(3)4,33-25-19-30(20-26-33)37(5)6)27-13-11-9-7-8-10-12-14-34(38)39/h15-26H,7-14,27H2,1-6H3/p+1. The lowest BCUT2D eigenvalue weighted by molar-refractivity contribution is -0.137. The number of aliphatic carboxylic acids is 1. The van der Waals surface area contributed by atoms with Gasteiger partial charge < -0.3 is 19.8 Å². The molecule has 0 bridgehead atoms. The predicted octanol–water partition coefficient (Wildman–Crippen LogP) is 6.38. The van der Waals surface area contributed by atoms with Gasteiger partial charge in [-0.15, -0.1) is 0 Å². The highest BCUT2D eigenvalue weighted by molar-refractivity contribution is 7.95. The third-order valence-electron chi connectivity index (χ3n) is 7.80. The van der Waals surface area contributed by atoms with Crippen molar-refractivity contribution in [3.63, 3.8) is 0 Å². The Morgan fingerprint density at radius 1 is 0.525 bits per heavy atom. The summed E-state index contributed by atoms with van der Waals surface area (Å²) in [5.74, 6) is -0.684. The molecule has 3 aromatic carbocycles. The minimum absolute atomic E-state index is 0.291. The highest BCUT2D eigenvalue weighted by Gasteiger charge is 2.44. The predicted molar refractivity (Wildman–Crippen MR) is 178 cm³/mol. The Morgan fingerprint density at radius 3 is 1.12 bits per heavy atom. The highest BCUT2D eigenvalue weighted by atomic mass is 31.2. The fourth-order valence-electron chi connectivity index (χ4n) is 5.36. The molecule has 0 heterocycles. The van der Waals surface area contributed by atoms with Gasteiger partial charge in [-0.25, -0.2) is 0 Å². The number of benzene rings is 3. The Labute approximate surface area is 243 Å². The van der Waals surface area contributed by atoms with Gasteiger partial charge in [0.15, 0.2) is 0 Å². The summed E-state index contributed by atoms with van der Waals surface area (Å²) in [4.78, 5) is 17.3.